The molecule has 1 fully saturated rings. The molecule has 0 spiro atoms. The first-order chi connectivity index (χ1) is 13.1. The van der Waals surface area contributed by atoms with E-state index < -0.39 is 0 Å². The van der Waals surface area contributed by atoms with E-state index in [-0.39, 0.29) is 5.91 Å². The first kappa shape index (κ1) is 18.2. The summed E-state index contributed by atoms with van der Waals surface area (Å²) in [5, 5.41) is 4.78. The number of thioether (sulfide) groups is 1. The molecule has 1 aliphatic heterocycles. The Morgan fingerprint density at radius 3 is 2.63 bits per heavy atom. The van der Waals surface area contributed by atoms with Gasteiger partial charge in [-0.3, -0.25) is 4.79 Å². The predicted octanol–water partition coefficient (Wildman–Crippen LogP) is 5.67. The van der Waals surface area contributed by atoms with Crippen molar-refractivity contribution < 1.29 is 9.53 Å². The zero-order valence-corrected chi connectivity index (χ0v) is 17.3. The number of benzene rings is 3. The molecule has 0 atom stereocenters. The second-order valence-corrected chi connectivity index (χ2v) is 8.50. The van der Waals surface area contributed by atoms with Gasteiger partial charge in [0, 0.05) is 15.6 Å². The summed E-state index contributed by atoms with van der Waals surface area (Å²) in [6.45, 7) is 0.424. The fourth-order valence-electron chi connectivity index (χ4n) is 2.87. The lowest BCUT2D eigenvalue weighted by Crippen LogP contribution is -2.17. The van der Waals surface area contributed by atoms with Gasteiger partial charge >= 0.3 is 0 Å². The predicted molar refractivity (Wildman–Crippen MR) is 119 cm³/mol. The summed E-state index contributed by atoms with van der Waals surface area (Å²) in [7, 11) is 0. The van der Waals surface area contributed by atoms with Gasteiger partial charge in [-0.2, -0.15) is 0 Å². The maximum absolute atomic E-state index is 12.1. The summed E-state index contributed by atoms with van der Waals surface area (Å²) in [6.07, 6.45) is 1.86. The third-order valence-corrected chi connectivity index (χ3v) is 6.13. The second kappa shape index (κ2) is 7.84. The molecule has 27 heavy (non-hydrogen) atoms. The molecule has 3 aromatic carbocycles. The maximum Gasteiger partial charge on any atom is 0.263 e. The van der Waals surface area contributed by atoms with Crippen LogP contribution in [-0.4, -0.2) is 10.2 Å². The van der Waals surface area contributed by atoms with Crippen LogP contribution in [0.5, 0.6) is 5.75 Å². The lowest BCUT2D eigenvalue weighted by molar-refractivity contribution is -0.115. The van der Waals surface area contributed by atoms with E-state index in [0.29, 0.717) is 15.8 Å². The van der Waals surface area contributed by atoms with Crippen LogP contribution in [-0.2, 0) is 11.4 Å². The molecule has 1 heterocycles. The molecular formula is C21H14BrNO2S2. The van der Waals surface area contributed by atoms with Crippen molar-refractivity contribution in [2.24, 2.45) is 0 Å². The van der Waals surface area contributed by atoms with E-state index in [0.717, 1.165) is 32.1 Å². The maximum atomic E-state index is 12.1. The SMILES string of the molecule is O=C1NC(=S)S/C1=C\c1c(OCc2ccccc2Br)ccc2ccccc12. The fourth-order valence-corrected chi connectivity index (χ4v) is 4.30. The number of hydrogen-bond donors (Lipinski definition) is 1. The van der Waals surface area contributed by atoms with Crippen LogP contribution in [0.1, 0.15) is 11.1 Å². The average molecular weight is 456 g/mol. The number of carbonyl (C=O) groups excluding carboxylic acids is 1. The minimum Gasteiger partial charge on any atom is -0.488 e. The molecule has 0 saturated carbocycles. The van der Waals surface area contributed by atoms with Crippen LogP contribution in [0.4, 0.5) is 0 Å². The minimum absolute atomic E-state index is 0.172. The first-order valence-corrected chi connectivity index (χ1v) is 10.3. The van der Waals surface area contributed by atoms with Crippen molar-refractivity contribution in [1.29, 1.82) is 0 Å². The third kappa shape index (κ3) is 3.93. The Labute approximate surface area is 174 Å². The van der Waals surface area contributed by atoms with E-state index in [1.807, 2.05) is 66.7 Å². The summed E-state index contributed by atoms with van der Waals surface area (Å²) >= 11 is 9.92. The molecule has 0 bridgehead atoms. The average Bonchev–Trinajstić information content (AvgIpc) is 2.99. The number of carbonyl (C=O) groups is 1. The number of ether oxygens (including phenoxy) is 1. The smallest absolute Gasteiger partial charge is 0.263 e. The summed E-state index contributed by atoms with van der Waals surface area (Å²) in [5.74, 6) is 0.554. The lowest BCUT2D eigenvalue weighted by Gasteiger charge is -2.13. The van der Waals surface area contributed by atoms with Crippen LogP contribution in [0, 0.1) is 0 Å². The zero-order valence-electron chi connectivity index (χ0n) is 14.1. The Hall–Kier alpha value is -2.15. The minimum atomic E-state index is -0.172. The van der Waals surface area contributed by atoms with Crippen molar-refractivity contribution in [1.82, 2.24) is 5.32 Å². The first-order valence-electron chi connectivity index (χ1n) is 8.24. The van der Waals surface area contributed by atoms with Gasteiger partial charge in [0.05, 0.1) is 4.91 Å². The molecule has 134 valence electrons. The van der Waals surface area contributed by atoms with Crippen molar-refractivity contribution in [2.75, 3.05) is 0 Å². The number of fused-ring (bicyclic) bond motifs is 1. The van der Waals surface area contributed by atoms with Gasteiger partial charge in [-0.1, -0.05) is 88.4 Å². The molecule has 0 unspecified atom stereocenters. The van der Waals surface area contributed by atoms with E-state index in [1.165, 1.54) is 11.8 Å². The van der Waals surface area contributed by atoms with Gasteiger partial charge < -0.3 is 10.1 Å². The molecule has 3 nitrogen and oxygen atoms in total. The molecule has 1 aliphatic rings. The molecule has 4 rings (SSSR count). The molecule has 1 saturated heterocycles. The normalized spacial score (nSPS) is 15.4. The number of amides is 1. The van der Waals surface area contributed by atoms with Gasteiger partial charge in [-0.15, -0.1) is 0 Å². The van der Waals surface area contributed by atoms with Crippen LogP contribution in [0.2, 0.25) is 0 Å². The van der Waals surface area contributed by atoms with E-state index in [9.17, 15) is 4.79 Å². The van der Waals surface area contributed by atoms with Crippen molar-refractivity contribution in [3.05, 3.63) is 81.2 Å². The number of nitrogens with one attached hydrogen (secondary N) is 1. The molecule has 3 aromatic rings. The van der Waals surface area contributed by atoms with Gasteiger partial charge in [0.2, 0.25) is 0 Å². The zero-order chi connectivity index (χ0) is 18.8. The number of rotatable bonds is 4. The van der Waals surface area contributed by atoms with Crippen molar-refractivity contribution in [3.8, 4) is 5.75 Å². The van der Waals surface area contributed by atoms with Crippen molar-refractivity contribution >= 4 is 67.0 Å². The summed E-state index contributed by atoms with van der Waals surface area (Å²) in [4.78, 5) is 12.7. The molecular weight excluding hydrogens is 442 g/mol. The topological polar surface area (TPSA) is 38.3 Å². The van der Waals surface area contributed by atoms with E-state index in [4.69, 9.17) is 17.0 Å². The van der Waals surface area contributed by atoms with Gasteiger partial charge in [0.1, 0.15) is 16.7 Å². The standard InChI is InChI=1S/C21H14BrNO2S2/c22-17-8-4-2-6-14(17)12-25-18-10-9-13-5-1-3-7-15(13)16(18)11-19-20(24)23-21(26)27-19/h1-11H,12H2,(H,23,24,26)/b19-11-. The highest BCUT2D eigenvalue weighted by molar-refractivity contribution is 9.10. The Bertz CT molecular complexity index is 1090. The summed E-state index contributed by atoms with van der Waals surface area (Å²) < 4.78 is 7.61. The van der Waals surface area contributed by atoms with Crippen LogP contribution in [0.25, 0.3) is 16.8 Å². The molecule has 0 aliphatic carbocycles. The molecule has 0 aromatic heterocycles. The quantitative estimate of drug-likeness (QED) is 0.406. The highest BCUT2D eigenvalue weighted by atomic mass is 79.9. The van der Waals surface area contributed by atoms with Crippen LogP contribution >= 0.6 is 39.9 Å². The highest BCUT2D eigenvalue weighted by Gasteiger charge is 2.23. The Morgan fingerprint density at radius 1 is 1.07 bits per heavy atom. The largest absolute Gasteiger partial charge is 0.488 e. The Kier molecular flexibility index (Phi) is 5.29. The van der Waals surface area contributed by atoms with E-state index in [1.54, 1.807) is 0 Å². The summed E-state index contributed by atoms with van der Waals surface area (Å²) in [5.41, 5.74) is 1.93. The molecule has 6 heteroatoms. The molecule has 0 radical (unpaired) electrons. The number of halogens is 1. The molecule has 1 amide bonds. The van der Waals surface area contributed by atoms with Gasteiger partial charge in [0.15, 0.2) is 0 Å². The lowest BCUT2D eigenvalue weighted by atomic mass is 10.0. The van der Waals surface area contributed by atoms with E-state index in [2.05, 4.69) is 21.2 Å². The van der Waals surface area contributed by atoms with Gasteiger partial charge in [0.25, 0.3) is 5.91 Å². The monoisotopic (exact) mass is 455 g/mol. The molecule has 1 N–H and O–H groups in total. The fraction of sp³-hybridized carbons (Fsp3) is 0.0476. The highest BCUT2D eigenvalue weighted by Crippen LogP contribution is 2.34. The number of hydrogen-bond acceptors (Lipinski definition) is 4. The second-order valence-electron chi connectivity index (χ2n) is 5.93. The van der Waals surface area contributed by atoms with Crippen LogP contribution in [0.15, 0.2) is 70.0 Å². The van der Waals surface area contributed by atoms with Gasteiger partial charge in [-0.05, 0) is 29.0 Å². The third-order valence-electron chi connectivity index (χ3n) is 4.19. The van der Waals surface area contributed by atoms with Crippen LogP contribution < -0.4 is 10.1 Å². The van der Waals surface area contributed by atoms with Crippen molar-refractivity contribution in [3.63, 3.8) is 0 Å². The van der Waals surface area contributed by atoms with E-state index >= 15 is 0 Å². The van der Waals surface area contributed by atoms with Gasteiger partial charge in [-0.25, -0.2) is 0 Å². The summed E-state index contributed by atoms with van der Waals surface area (Å²) in [6, 6.07) is 20.0. The Morgan fingerprint density at radius 2 is 1.85 bits per heavy atom. The van der Waals surface area contributed by atoms with Crippen LogP contribution in [0.3, 0.4) is 0 Å². The Balaban J connectivity index is 1.76. The number of thiocarbonyl (C=S) groups is 1. The van der Waals surface area contributed by atoms with Crippen molar-refractivity contribution in [2.45, 2.75) is 6.61 Å².